The van der Waals surface area contributed by atoms with E-state index in [9.17, 15) is 0 Å². The molecule has 2 aromatic heterocycles. The summed E-state index contributed by atoms with van der Waals surface area (Å²) in [5.74, 6) is 0. The third-order valence-electron chi connectivity index (χ3n) is 2.47. The van der Waals surface area contributed by atoms with Crippen LogP contribution in [0.15, 0.2) is 53.4 Å². The highest BCUT2D eigenvalue weighted by Crippen LogP contribution is 2.20. The number of hydrogen-bond acceptors (Lipinski definition) is 2. The van der Waals surface area contributed by atoms with Crippen LogP contribution in [-0.4, -0.2) is 14.6 Å². The fourth-order valence-electron chi connectivity index (χ4n) is 1.66. The van der Waals surface area contributed by atoms with Crippen LogP contribution in [0.3, 0.4) is 0 Å². The average Bonchev–Trinajstić information content (AvgIpc) is 2.72. The summed E-state index contributed by atoms with van der Waals surface area (Å²) >= 11 is 3.36. The molecule has 0 saturated heterocycles. The Morgan fingerprint density at radius 2 is 1.69 bits per heavy atom. The lowest BCUT2D eigenvalue weighted by molar-refractivity contribution is 1.05. The van der Waals surface area contributed by atoms with Crippen LogP contribution in [0, 0.1) is 0 Å². The van der Waals surface area contributed by atoms with Crippen LogP contribution in [0.25, 0.3) is 16.8 Å². The van der Waals surface area contributed by atoms with E-state index in [0.29, 0.717) is 0 Å². The van der Waals surface area contributed by atoms with E-state index in [2.05, 4.69) is 38.3 Å². The van der Waals surface area contributed by atoms with Crippen molar-refractivity contribution in [1.29, 1.82) is 0 Å². The van der Waals surface area contributed by atoms with Crippen LogP contribution >= 0.6 is 15.9 Å². The van der Waals surface area contributed by atoms with Gasteiger partial charge in [-0.3, -0.25) is 4.40 Å². The van der Waals surface area contributed by atoms with E-state index in [1.54, 1.807) is 0 Å². The number of pyridine rings is 1. The molecule has 16 heavy (non-hydrogen) atoms. The summed E-state index contributed by atoms with van der Waals surface area (Å²) in [6.07, 6.45) is 2.02. The number of aromatic nitrogens is 3. The van der Waals surface area contributed by atoms with Gasteiger partial charge in [0.1, 0.15) is 0 Å². The Hall–Kier alpha value is -1.68. The van der Waals surface area contributed by atoms with Gasteiger partial charge in [0.05, 0.1) is 0 Å². The highest BCUT2D eigenvalue weighted by atomic mass is 79.9. The SMILES string of the molecule is Brc1nnc2ccc(-c3ccccc3)cn12. The Bertz CT molecular complexity index is 631. The van der Waals surface area contributed by atoms with Crippen molar-refractivity contribution in [3.63, 3.8) is 0 Å². The Morgan fingerprint density at radius 1 is 0.875 bits per heavy atom. The van der Waals surface area contributed by atoms with Crippen LogP contribution in [0.1, 0.15) is 0 Å². The van der Waals surface area contributed by atoms with Crippen LogP contribution in [0.5, 0.6) is 0 Å². The summed E-state index contributed by atoms with van der Waals surface area (Å²) in [6, 6.07) is 14.2. The van der Waals surface area contributed by atoms with Gasteiger partial charge in [0, 0.05) is 6.20 Å². The fraction of sp³-hybridized carbons (Fsp3) is 0. The Morgan fingerprint density at radius 3 is 2.50 bits per heavy atom. The van der Waals surface area contributed by atoms with Gasteiger partial charge in [-0.25, -0.2) is 0 Å². The number of rotatable bonds is 1. The maximum atomic E-state index is 4.02. The van der Waals surface area contributed by atoms with Crippen molar-refractivity contribution in [3.05, 3.63) is 53.4 Å². The Balaban J connectivity index is 2.22. The molecule has 4 heteroatoms. The zero-order valence-corrected chi connectivity index (χ0v) is 9.92. The monoisotopic (exact) mass is 273 g/mol. The topological polar surface area (TPSA) is 30.2 Å². The number of hydrogen-bond donors (Lipinski definition) is 0. The van der Waals surface area contributed by atoms with E-state index >= 15 is 0 Å². The fourth-order valence-corrected chi connectivity index (χ4v) is 2.03. The largest absolute Gasteiger partial charge is 0.276 e. The molecule has 78 valence electrons. The van der Waals surface area contributed by atoms with Crippen LogP contribution in [-0.2, 0) is 0 Å². The molecule has 0 atom stereocenters. The lowest BCUT2D eigenvalue weighted by Gasteiger charge is -2.02. The maximum absolute atomic E-state index is 4.02. The molecule has 2 heterocycles. The smallest absolute Gasteiger partial charge is 0.204 e. The van der Waals surface area contributed by atoms with Gasteiger partial charge in [0.2, 0.25) is 4.73 Å². The second-order valence-electron chi connectivity index (χ2n) is 3.48. The maximum Gasteiger partial charge on any atom is 0.204 e. The van der Waals surface area contributed by atoms with Gasteiger partial charge < -0.3 is 0 Å². The Kier molecular flexibility index (Phi) is 2.22. The van der Waals surface area contributed by atoms with Crippen molar-refractivity contribution in [3.8, 4) is 11.1 Å². The molecule has 3 rings (SSSR count). The van der Waals surface area contributed by atoms with Crippen molar-refractivity contribution in [1.82, 2.24) is 14.6 Å². The average molecular weight is 274 g/mol. The first-order valence-electron chi connectivity index (χ1n) is 4.90. The molecular weight excluding hydrogens is 266 g/mol. The minimum absolute atomic E-state index is 0.722. The van der Waals surface area contributed by atoms with Crippen molar-refractivity contribution < 1.29 is 0 Å². The highest BCUT2D eigenvalue weighted by molar-refractivity contribution is 9.10. The molecule has 0 spiro atoms. The predicted molar refractivity (Wildman–Crippen MR) is 66.1 cm³/mol. The van der Waals surface area contributed by atoms with E-state index in [1.807, 2.05) is 40.9 Å². The zero-order valence-electron chi connectivity index (χ0n) is 8.34. The normalized spacial score (nSPS) is 10.8. The highest BCUT2D eigenvalue weighted by Gasteiger charge is 2.03. The second-order valence-corrected chi connectivity index (χ2v) is 4.19. The summed E-state index contributed by atoms with van der Waals surface area (Å²) in [5.41, 5.74) is 3.17. The predicted octanol–water partition coefficient (Wildman–Crippen LogP) is 3.16. The standard InChI is InChI=1S/C12H8BrN3/c13-12-15-14-11-7-6-10(8-16(11)12)9-4-2-1-3-5-9/h1-8H. The molecule has 0 fully saturated rings. The minimum atomic E-state index is 0.722. The molecule has 3 nitrogen and oxygen atoms in total. The van der Waals surface area contributed by atoms with Crippen molar-refractivity contribution >= 4 is 21.6 Å². The molecule has 0 amide bonds. The van der Waals surface area contributed by atoms with E-state index in [1.165, 1.54) is 5.56 Å². The number of nitrogens with zero attached hydrogens (tertiary/aromatic N) is 3. The van der Waals surface area contributed by atoms with Crippen LogP contribution in [0.2, 0.25) is 0 Å². The summed E-state index contributed by atoms with van der Waals surface area (Å²) in [7, 11) is 0. The summed E-state index contributed by atoms with van der Waals surface area (Å²) in [4.78, 5) is 0. The molecule has 0 aliphatic heterocycles. The molecule has 0 unspecified atom stereocenters. The van der Waals surface area contributed by atoms with E-state index in [0.717, 1.165) is 15.9 Å². The Labute approximate surface area is 101 Å². The lowest BCUT2D eigenvalue weighted by Crippen LogP contribution is -1.86. The summed E-state index contributed by atoms with van der Waals surface area (Å²) in [5, 5.41) is 7.98. The molecule has 0 bridgehead atoms. The summed E-state index contributed by atoms with van der Waals surface area (Å²) in [6.45, 7) is 0. The van der Waals surface area contributed by atoms with Crippen molar-refractivity contribution in [2.75, 3.05) is 0 Å². The molecule has 0 radical (unpaired) electrons. The van der Waals surface area contributed by atoms with Crippen molar-refractivity contribution in [2.45, 2.75) is 0 Å². The van der Waals surface area contributed by atoms with E-state index in [-0.39, 0.29) is 0 Å². The molecule has 0 aliphatic carbocycles. The first-order valence-corrected chi connectivity index (χ1v) is 5.69. The van der Waals surface area contributed by atoms with Gasteiger partial charge in [-0.2, -0.15) is 0 Å². The minimum Gasteiger partial charge on any atom is -0.276 e. The molecule has 3 aromatic rings. The van der Waals surface area contributed by atoms with Gasteiger partial charge in [-0.05, 0) is 39.2 Å². The van der Waals surface area contributed by atoms with Crippen LogP contribution < -0.4 is 0 Å². The van der Waals surface area contributed by atoms with Crippen LogP contribution in [0.4, 0.5) is 0 Å². The van der Waals surface area contributed by atoms with Crippen molar-refractivity contribution in [2.24, 2.45) is 0 Å². The number of fused-ring (bicyclic) bond motifs is 1. The zero-order chi connectivity index (χ0) is 11.0. The molecule has 0 aliphatic rings. The number of halogens is 1. The second kappa shape index (κ2) is 3.72. The van der Waals surface area contributed by atoms with E-state index in [4.69, 9.17) is 0 Å². The van der Waals surface area contributed by atoms with Gasteiger partial charge in [0.25, 0.3) is 0 Å². The van der Waals surface area contributed by atoms with Gasteiger partial charge in [-0.15, -0.1) is 10.2 Å². The first kappa shape index (κ1) is 9.54. The number of benzene rings is 1. The third kappa shape index (κ3) is 1.51. The summed E-state index contributed by atoms with van der Waals surface area (Å²) < 4.78 is 2.64. The molecule has 0 N–H and O–H groups in total. The first-order chi connectivity index (χ1) is 7.84. The third-order valence-corrected chi connectivity index (χ3v) is 3.01. The molecule has 0 saturated carbocycles. The van der Waals surface area contributed by atoms with Gasteiger partial charge >= 0.3 is 0 Å². The van der Waals surface area contributed by atoms with E-state index < -0.39 is 0 Å². The quantitative estimate of drug-likeness (QED) is 0.682. The molecule has 1 aromatic carbocycles. The molecular formula is C12H8BrN3. The van der Waals surface area contributed by atoms with Gasteiger partial charge in [-0.1, -0.05) is 30.3 Å². The van der Waals surface area contributed by atoms with Gasteiger partial charge in [0.15, 0.2) is 5.65 Å². The lowest BCUT2D eigenvalue weighted by atomic mass is 10.1.